The Morgan fingerprint density at radius 1 is 1.19 bits per heavy atom. The van der Waals surface area contributed by atoms with Gasteiger partial charge >= 0.3 is 0 Å². The molecule has 1 aliphatic heterocycles. The molecule has 3 aromatic rings. The summed E-state index contributed by atoms with van der Waals surface area (Å²) in [6, 6.07) is 11.4. The maximum absolute atomic E-state index is 13.7. The van der Waals surface area contributed by atoms with E-state index in [-0.39, 0.29) is 10.6 Å². The van der Waals surface area contributed by atoms with E-state index < -0.39 is 29.4 Å². The fraction of sp³-hybridized carbons (Fsp3) is 0.130. The first-order valence-electron chi connectivity index (χ1n) is 9.74. The number of amides is 3. The standard InChI is InChI=1S/C23H19FN4O3S/c1-14-10-16(15(2)28(14)17-6-5-9-25-12-17)11-20-22(30)27(23(31)32-20)13-21(29)26-19-8-4-3-7-18(19)24/h3-12H,13H2,1-2H3,(H,26,29)/b20-11+. The SMILES string of the molecule is Cc1cc(/C=C2/SC(=O)N(CC(=O)Nc3ccccc3F)C2=O)c(C)n1-c1cccnc1. The van der Waals surface area contributed by atoms with E-state index >= 15 is 0 Å². The summed E-state index contributed by atoms with van der Waals surface area (Å²) in [5.41, 5.74) is 3.50. The van der Waals surface area contributed by atoms with Crippen molar-refractivity contribution in [1.82, 2.24) is 14.5 Å². The van der Waals surface area contributed by atoms with Crippen LogP contribution in [-0.2, 0) is 9.59 Å². The molecule has 0 unspecified atom stereocenters. The van der Waals surface area contributed by atoms with Gasteiger partial charge in [0.05, 0.1) is 22.5 Å². The number of hydrogen-bond acceptors (Lipinski definition) is 5. The first kappa shape index (κ1) is 21.5. The second kappa shape index (κ2) is 8.80. The van der Waals surface area contributed by atoms with Crippen molar-refractivity contribution in [2.75, 3.05) is 11.9 Å². The van der Waals surface area contributed by atoms with E-state index in [4.69, 9.17) is 0 Å². The van der Waals surface area contributed by atoms with Gasteiger partial charge in [-0.05, 0) is 67.6 Å². The van der Waals surface area contributed by atoms with Gasteiger partial charge in [0.25, 0.3) is 11.1 Å². The number of para-hydroxylation sites is 1. The number of nitrogens with zero attached hydrogens (tertiary/aromatic N) is 3. The number of thioether (sulfide) groups is 1. The number of pyridine rings is 1. The molecule has 3 amide bonds. The Labute approximate surface area is 187 Å². The summed E-state index contributed by atoms with van der Waals surface area (Å²) in [5, 5.41) is 1.83. The normalized spacial score (nSPS) is 15.0. The molecule has 0 spiro atoms. The molecule has 4 rings (SSSR count). The molecule has 7 nitrogen and oxygen atoms in total. The number of halogens is 1. The Kier molecular flexibility index (Phi) is 5.91. The highest BCUT2D eigenvalue weighted by Gasteiger charge is 2.36. The van der Waals surface area contributed by atoms with E-state index in [0.29, 0.717) is 0 Å². The summed E-state index contributed by atoms with van der Waals surface area (Å²) in [6.07, 6.45) is 5.08. The average molecular weight is 450 g/mol. The van der Waals surface area contributed by atoms with Gasteiger partial charge in [0.1, 0.15) is 12.4 Å². The number of hydrogen-bond donors (Lipinski definition) is 1. The van der Waals surface area contributed by atoms with Crippen LogP contribution in [-0.4, -0.2) is 38.0 Å². The van der Waals surface area contributed by atoms with Crippen LogP contribution in [0.5, 0.6) is 0 Å². The van der Waals surface area contributed by atoms with Crippen LogP contribution in [0.2, 0.25) is 0 Å². The Morgan fingerprint density at radius 3 is 2.69 bits per heavy atom. The van der Waals surface area contributed by atoms with Crippen molar-refractivity contribution >= 4 is 40.6 Å². The molecule has 1 aromatic carbocycles. The van der Waals surface area contributed by atoms with Crippen LogP contribution in [0.1, 0.15) is 17.0 Å². The molecule has 0 saturated carbocycles. The zero-order valence-electron chi connectivity index (χ0n) is 17.3. The molecule has 3 heterocycles. The van der Waals surface area contributed by atoms with Gasteiger partial charge in [-0.15, -0.1) is 0 Å². The molecule has 0 radical (unpaired) electrons. The summed E-state index contributed by atoms with van der Waals surface area (Å²) in [4.78, 5) is 42.7. The minimum Gasteiger partial charge on any atom is -0.322 e. The van der Waals surface area contributed by atoms with E-state index in [2.05, 4.69) is 10.3 Å². The first-order chi connectivity index (χ1) is 15.3. The molecular formula is C23H19FN4O3S. The lowest BCUT2D eigenvalue weighted by Gasteiger charge is -2.12. The second-order valence-electron chi connectivity index (χ2n) is 7.17. The minimum atomic E-state index is -0.659. The molecule has 0 bridgehead atoms. The summed E-state index contributed by atoms with van der Waals surface area (Å²) in [7, 11) is 0. The maximum Gasteiger partial charge on any atom is 0.294 e. The van der Waals surface area contributed by atoms with Crippen molar-refractivity contribution in [3.05, 3.63) is 82.5 Å². The second-order valence-corrected chi connectivity index (χ2v) is 8.16. The number of carbonyl (C=O) groups excluding carboxylic acids is 3. The van der Waals surface area contributed by atoms with Crippen LogP contribution in [0.3, 0.4) is 0 Å². The van der Waals surface area contributed by atoms with Crippen LogP contribution in [0, 0.1) is 19.7 Å². The summed E-state index contributed by atoms with van der Waals surface area (Å²) in [5.74, 6) is -1.82. The largest absolute Gasteiger partial charge is 0.322 e. The molecule has 1 N–H and O–H groups in total. The number of nitrogens with one attached hydrogen (secondary N) is 1. The Bertz CT molecular complexity index is 1250. The zero-order valence-corrected chi connectivity index (χ0v) is 18.1. The molecule has 1 aliphatic rings. The fourth-order valence-electron chi connectivity index (χ4n) is 3.49. The number of anilines is 1. The highest BCUT2D eigenvalue weighted by Crippen LogP contribution is 2.33. The third-order valence-electron chi connectivity index (χ3n) is 4.98. The maximum atomic E-state index is 13.7. The first-order valence-corrected chi connectivity index (χ1v) is 10.6. The van der Waals surface area contributed by atoms with E-state index in [1.54, 1.807) is 24.5 Å². The number of imide groups is 1. The Balaban J connectivity index is 1.53. The number of aromatic nitrogens is 2. The topological polar surface area (TPSA) is 84.3 Å². The zero-order chi connectivity index (χ0) is 22.8. The number of aryl methyl sites for hydroxylation is 1. The molecule has 32 heavy (non-hydrogen) atoms. The smallest absolute Gasteiger partial charge is 0.294 e. The minimum absolute atomic E-state index is 0.0112. The Morgan fingerprint density at radius 2 is 1.97 bits per heavy atom. The van der Waals surface area contributed by atoms with Crippen molar-refractivity contribution < 1.29 is 18.8 Å². The fourth-order valence-corrected chi connectivity index (χ4v) is 4.32. The monoisotopic (exact) mass is 450 g/mol. The van der Waals surface area contributed by atoms with Gasteiger partial charge in [-0.25, -0.2) is 4.39 Å². The van der Waals surface area contributed by atoms with Crippen molar-refractivity contribution in [3.63, 3.8) is 0 Å². The third kappa shape index (κ3) is 4.19. The van der Waals surface area contributed by atoms with Gasteiger partial charge in [0, 0.05) is 17.6 Å². The molecule has 2 aromatic heterocycles. The highest BCUT2D eigenvalue weighted by atomic mass is 32.2. The van der Waals surface area contributed by atoms with E-state index in [1.807, 2.05) is 36.6 Å². The van der Waals surface area contributed by atoms with Gasteiger partial charge in [0.2, 0.25) is 5.91 Å². The lowest BCUT2D eigenvalue weighted by atomic mass is 10.2. The summed E-state index contributed by atoms with van der Waals surface area (Å²) < 4.78 is 15.7. The summed E-state index contributed by atoms with van der Waals surface area (Å²) >= 11 is 0.771. The van der Waals surface area contributed by atoms with Crippen LogP contribution >= 0.6 is 11.8 Å². The molecule has 162 valence electrons. The van der Waals surface area contributed by atoms with Crippen molar-refractivity contribution in [1.29, 1.82) is 0 Å². The van der Waals surface area contributed by atoms with Crippen molar-refractivity contribution in [2.45, 2.75) is 13.8 Å². The molecule has 1 fully saturated rings. The van der Waals surface area contributed by atoms with E-state index in [1.165, 1.54) is 18.2 Å². The molecule has 9 heteroatoms. The number of benzene rings is 1. The number of rotatable bonds is 5. The highest BCUT2D eigenvalue weighted by molar-refractivity contribution is 8.18. The van der Waals surface area contributed by atoms with E-state index in [9.17, 15) is 18.8 Å². The third-order valence-corrected chi connectivity index (χ3v) is 5.89. The van der Waals surface area contributed by atoms with Gasteiger partial charge < -0.3 is 9.88 Å². The summed E-state index contributed by atoms with van der Waals surface area (Å²) in [6.45, 7) is 3.36. The molecule has 0 atom stereocenters. The van der Waals surface area contributed by atoms with Crippen LogP contribution in [0.15, 0.2) is 59.8 Å². The molecule has 0 aliphatic carbocycles. The molecular weight excluding hydrogens is 431 g/mol. The number of carbonyl (C=O) groups is 3. The lowest BCUT2D eigenvalue weighted by molar-refractivity contribution is -0.127. The van der Waals surface area contributed by atoms with Crippen molar-refractivity contribution in [2.24, 2.45) is 0 Å². The van der Waals surface area contributed by atoms with Gasteiger partial charge in [-0.1, -0.05) is 12.1 Å². The van der Waals surface area contributed by atoms with Gasteiger partial charge in [-0.3, -0.25) is 24.3 Å². The average Bonchev–Trinajstić information content (AvgIpc) is 3.19. The quantitative estimate of drug-likeness (QED) is 0.586. The Hall–Kier alpha value is -3.72. The van der Waals surface area contributed by atoms with Crippen molar-refractivity contribution in [3.8, 4) is 5.69 Å². The van der Waals surface area contributed by atoms with E-state index in [0.717, 1.165) is 39.3 Å². The lowest BCUT2D eigenvalue weighted by Crippen LogP contribution is -2.36. The van der Waals surface area contributed by atoms with Gasteiger partial charge in [-0.2, -0.15) is 0 Å². The van der Waals surface area contributed by atoms with Crippen LogP contribution < -0.4 is 5.32 Å². The predicted octanol–water partition coefficient (Wildman–Crippen LogP) is 4.30. The van der Waals surface area contributed by atoms with Crippen LogP contribution in [0.25, 0.3) is 11.8 Å². The predicted molar refractivity (Wildman–Crippen MR) is 121 cm³/mol. The van der Waals surface area contributed by atoms with Gasteiger partial charge in [0.15, 0.2) is 0 Å². The van der Waals surface area contributed by atoms with Crippen LogP contribution in [0.4, 0.5) is 14.9 Å². The molecule has 1 saturated heterocycles.